The van der Waals surface area contributed by atoms with Crippen LogP contribution in [-0.4, -0.2) is 39.9 Å². The van der Waals surface area contributed by atoms with E-state index in [1.165, 1.54) is 4.90 Å². The van der Waals surface area contributed by atoms with Gasteiger partial charge in [0.15, 0.2) is 0 Å². The Kier molecular flexibility index (Phi) is 4.75. The fourth-order valence-corrected chi connectivity index (χ4v) is 2.83. The molecule has 1 aliphatic carbocycles. The van der Waals surface area contributed by atoms with E-state index in [9.17, 15) is 24.8 Å². The van der Waals surface area contributed by atoms with Crippen molar-refractivity contribution < 1.29 is 19.6 Å². The molecule has 1 saturated carbocycles. The van der Waals surface area contributed by atoms with Crippen LogP contribution < -0.4 is 0 Å². The highest BCUT2D eigenvalue weighted by Crippen LogP contribution is 2.25. The maximum atomic E-state index is 12.6. The maximum absolute atomic E-state index is 12.6. The second kappa shape index (κ2) is 6.55. The van der Waals surface area contributed by atoms with Crippen LogP contribution in [0.4, 0.5) is 5.69 Å². The maximum Gasteiger partial charge on any atom is 0.336 e. The smallest absolute Gasteiger partial charge is 0.336 e. The van der Waals surface area contributed by atoms with Crippen LogP contribution in [0.5, 0.6) is 0 Å². The first-order valence-electron chi connectivity index (χ1n) is 7.20. The largest absolute Gasteiger partial charge is 0.478 e. The van der Waals surface area contributed by atoms with Gasteiger partial charge < -0.3 is 10.0 Å². The van der Waals surface area contributed by atoms with E-state index in [0.29, 0.717) is 0 Å². The minimum Gasteiger partial charge on any atom is -0.478 e. The van der Waals surface area contributed by atoms with Crippen molar-refractivity contribution in [3.63, 3.8) is 0 Å². The zero-order chi connectivity index (χ0) is 16.3. The second-order valence-electron chi connectivity index (χ2n) is 5.50. The number of carboxylic acids is 1. The van der Waals surface area contributed by atoms with E-state index < -0.39 is 16.8 Å². The molecule has 118 valence electrons. The van der Waals surface area contributed by atoms with Crippen molar-refractivity contribution in [2.24, 2.45) is 0 Å². The zero-order valence-electron chi connectivity index (χ0n) is 12.3. The van der Waals surface area contributed by atoms with Gasteiger partial charge >= 0.3 is 5.97 Å². The summed E-state index contributed by atoms with van der Waals surface area (Å²) in [7, 11) is 1.63. The van der Waals surface area contributed by atoms with Crippen molar-refractivity contribution in [2.45, 2.75) is 38.1 Å². The Balaban J connectivity index is 2.35. The quantitative estimate of drug-likeness (QED) is 0.680. The number of carbonyl (C=O) groups excluding carboxylic acids is 1. The van der Waals surface area contributed by atoms with Crippen LogP contribution in [0.1, 0.15) is 52.8 Å². The van der Waals surface area contributed by atoms with Crippen LogP contribution in [0.15, 0.2) is 18.2 Å². The number of nitro benzene ring substituents is 1. The van der Waals surface area contributed by atoms with Crippen molar-refractivity contribution in [1.82, 2.24) is 4.90 Å². The number of aromatic carboxylic acids is 1. The molecular formula is C15H18N2O5. The van der Waals surface area contributed by atoms with Gasteiger partial charge in [0.1, 0.15) is 0 Å². The molecule has 2 rings (SSSR count). The van der Waals surface area contributed by atoms with Gasteiger partial charge in [-0.2, -0.15) is 0 Å². The van der Waals surface area contributed by atoms with Gasteiger partial charge in [-0.3, -0.25) is 14.9 Å². The van der Waals surface area contributed by atoms with Gasteiger partial charge in [-0.15, -0.1) is 0 Å². The molecule has 1 N–H and O–H groups in total. The van der Waals surface area contributed by atoms with E-state index in [1.807, 2.05) is 0 Å². The number of nitrogens with zero attached hydrogens (tertiary/aromatic N) is 2. The Hall–Kier alpha value is -2.44. The van der Waals surface area contributed by atoms with Gasteiger partial charge in [-0.25, -0.2) is 4.79 Å². The fraction of sp³-hybridized carbons (Fsp3) is 0.467. The third-order valence-electron chi connectivity index (χ3n) is 4.12. The highest BCUT2D eigenvalue weighted by atomic mass is 16.6. The molecule has 1 aromatic carbocycles. The van der Waals surface area contributed by atoms with Crippen LogP contribution >= 0.6 is 0 Å². The molecule has 0 heterocycles. The number of carbonyl (C=O) groups is 2. The fourth-order valence-electron chi connectivity index (χ4n) is 2.83. The van der Waals surface area contributed by atoms with E-state index in [-0.39, 0.29) is 22.9 Å². The number of nitro groups is 1. The monoisotopic (exact) mass is 306 g/mol. The summed E-state index contributed by atoms with van der Waals surface area (Å²) in [6.07, 6.45) is 4.95. The van der Waals surface area contributed by atoms with E-state index in [4.69, 9.17) is 0 Å². The van der Waals surface area contributed by atoms with E-state index in [0.717, 1.165) is 50.3 Å². The minimum atomic E-state index is -1.27. The number of carboxylic acid groups (broad SMARTS) is 1. The molecule has 1 amide bonds. The third-order valence-corrected chi connectivity index (χ3v) is 4.12. The van der Waals surface area contributed by atoms with Gasteiger partial charge in [0, 0.05) is 25.2 Å². The molecule has 0 spiro atoms. The predicted molar refractivity (Wildman–Crippen MR) is 79.0 cm³/mol. The van der Waals surface area contributed by atoms with Gasteiger partial charge in [0.25, 0.3) is 11.6 Å². The van der Waals surface area contributed by atoms with Gasteiger partial charge in [0.05, 0.1) is 16.1 Å². The van der Waals surface area contributed by atoms with Crippen LogP contribution in [0.3, 0.4) is 0 Å². The molecule has 1 aliphatic rings. The lowest BCUT2D eigenvalue weighted by Gasteiger charge is -2.31. The van der Waals surface area contributed by atoms with Crippen LogP contribution in [0.2, 0.25) is 0 Å². The predicted octanol–water partition coefficient (Wildman–Crippen LogP) is 2.70. The van der Waals surface area contributed by atoms with Crippen LogP contribution in [-0.2, 0) is 0 Å². The van der Waals surface area contributed by atoms with E-state index >= 15 is 0 Å². The zero-order valence-corrected chi connectivity index (χ0v) is 12.3. The molecule has 0 saturated heterocycles. The topological polar surface area (TPSA) is 101 Å². The Labute approximate surface area is 127 Å². The Morgan fingerprint density at radius 2 is 1.86 bits per heavy atom. The molecule has 0 unspecified atom stereocenters. The highest BCUT2D eigenvalue weighted by molar-refractivity contribution is 6.05. The Morgan fingerprint density at radius 3 is 2.41 bits per heavy atom. The summed E-state index contributed by atoms with van der Waals surface area (Å²) in [6.45, 7) is 0. The number of hydrogen-bond acceptors (Lipinski definition) is 4. The van der Waals surface area contributed by atoms with Crippen molar-refractivity contribution in [3.8, 4) is 0 Å². The summed E-state index contributed by atoms with van der Waals surface area (Å²) in [5.74, 6) is -1.75. The normalized spacial score (nSPS) is 15.3. The van der Waals surface area contributed by atoms with Gasteiger partial charge in [-0.1, -0.05) is 19.3 Å². The summed E-state index contributed by atoms with van der Waals surface area (Å²) in [5, 5.41) is 20.1. The number of non-ortho nitro benzene ring substituents is 1. The van der Waals surface area contributed by atoms with Crippen molar-refractivity contribution in [1.29, 1.82) is 0 Å². The summed E-state index contributed by atoms with van der Waals surface area (Å²) in [6, 6.07) is 3.32. The SMILES string of the molecule is CN(C(=O)c1cc([N+](=O)[O-])ccc1C(=O)O)C1CCCCC1. The first kappa shape index (κ1) is 15.9. The number of rotatable bonds is 4. The number of amides is 1. The lowest BCUT2D eigenvalue weighted by molar-refractivity contribution is -0.384. The van der Waals surface area contributed by atoms with Crippen molar-refractivity contribution in [3.05, 3.63) is 39.4 Å². The van der Waals surface area contributed by atoms with Gasteiger partial charge in [0.2, 0.25) is 0 Å². The average molecular weight is 306 g/mol. The first-order chi connectivity index (χ1) is 10.4. The van der Waals surface area contributed by atoms with Crippen LogP contribution in [0, 0.1) is 10.1 Å². The second-order valence-corrected chi connectivity index (χ2v) is 5.50. The average Bonchev–Trinajstić information content (AvgIpc) is 2.53. The van der Waals surface area contributed by atoms with E-state index in [2.05, 4.69) is 0 Å². The minimum absolute atomic E-state index is 0.0576. The van der Waals surface area contributed by atoms with Crippen LogP contribution in [0.25, 0.3) is 0 Å². The third kappa shape index (κ3) is 3.24. The molecule has 0 bridgehead atoms. The number of benzene rings is 1. The Morgan fingerprint density at radius 1 is 1.23 bits per heavy atom. The molecule has 0 aliphatic heterocycles. The van der Waals surface area contributed by atoms with Crippen molar-refractivity contribution in [2.75, 3.05) is 7.05 Å². The standard InChI is InChI=1S/C15H18N2O5/c1-16(10-5-3-2-4-6-10)14(18)13-9-11(17(21)22)7-8-12(13)15(19)20/h7-10H,2-6H2,1H3,(H,19,20). The lowest BCUT2D eigenvalue weighted by Crippen LogP contribution is -2.38. The molecule has 22 heavy (non-hydrogen) atoms. The van der Waals surface area contributed by atoms with Crippen molar-refractivity contribution >= 4 is 17.6 Å². The Bertz CT molecular complexity index is 608. The number of hydrogen-bond donors (Lipinski definition) is 1. The molecule has 7 heteroatoms. The molecular weight excluding hydrogens is 288 g/mol. The summed E-state index contributed by atoms with van der Waals surface area (Å²) in [4.78, 5) is 35.6. The summed E-state index contributed by atoms with van der Waals surface area (Å²) >= 11 is 0. The summed E-state index contributed by atoms with van der Waals surface area (Å²) in [5.41, 5.74) is -0.626. The van der Waals surface area contributed by atoms with Gasteiger partial charge in [-0.05, 0) is 18.9 Å². The molecule has 0 aromatic heterocycles. The summed E-state index contributed by atoms with van der Waals surface area (Å²) < 4.78 is 0. The van der Waals surface area contributed by atoms with E-state index in [1.54, 1.807) is 7.05 Å². The molecule has 7 nitrogen and oxygen atoms in total. The molecule has 1 fully saturated rings. The lowest BCUT2D eigenvalue weighted by atomic mass is 9.93. The molecule has 0 atom stereocenters. The first-order valence-corrected chi connectivity index (χ1v) is 7.20. The molecule has 1 aromatic rings. The molecule has 0 radical (unpaired) electrons. The highest BCUT2D eigenvalue weighted by Gasteiger charge is 2.27.